The number of nitrogens with zero attached hydrogens (tertiary/aromatic N) is 1. The molecule has 1 aliphatic carbocycles. The summed E-state index contributed by atoms with van der Waals surface area (Å²) >= 11 is 0. The van der Waals surface area contributed by atoms with E-state index in [1.807, 2.05) is 0 Å². The molecule has 218 valence electrons. The molecule has 0 bridgehead atoms. The summed E-state index contributed by atoms with van der Waals surface area (Å²) in [6, 6.07) is 1.43. The highest BCUT2D eigenvalue weighted by Crippen LogP contribution is 2.44. The van der Waals surface area contributed by atoms with Crippen LogP contribution in [0, 0.1) is 36.4 Å². The number of rotatable bonds is 10. The number of nitrogens with one attached hydrogen (secondary N) is 1. The smallest absolute Gasteiger partial charge is 0.494 e. The molecule has 1 aromatic heterocycles. The Morgan fingerprint density at radius 3 is 2.51 bits per heavy atom. The Balaban J connectivity index is 1.59. The fourth-order valence-corrected chi connectivity index (χ4v) is 5.35. The third kappa shape index (κ3) is 6.83. The number of fused-ring (bicyclic) bond motifs is 1. The van der Waals surface area contributed by atoms with Gasteiger partial charge in [-0.1, -0.05) is 0 Å². The Hall–Kier alpha value is -4.02. The number of aromatic nitrogens is 1. The van der Waals surface area contributed by atoms with Crippen molar-refractivity contribution < 1.29 is 32.9 Å². The van der Waals surface area contributed by atoms with Gasteiger partial charge in [-0.2, -0.15) is 0 Å². The predicted octanol–water partition coefficient (Wildman–Crippen LogP) is 4.66. The maximum Gasteiger partial charge on any atom is 0.511 e. The number of piperidine rings is 1. The minimum atomic E-state index is -1.37. The lowest BCUT2D eigenvalue weighted by Gasteiger charge is -2.30. The van der Waals surface area contributed by atoms with Gasteiger partial charge in [-0.25, -0.2) is 14.0 Å². The van der Waals surface area contributed by atoms with Crippen LogP contribution in [0.25, 0.3) is 10.9 Å². The first kappa shape index (κ1) is 30.0. The Bertz CT molecular complexity index is 1430. The molecule has 41 heavy (non-hydrogen) atoms. The van der Waals surface area contributed by atoms with E-state index in [0.717, 1.165) is 32.2 Å². The first-order chi connectivity index (χ1) is 19.7. The number of benzene rings is 1. The van der Waals surface area contributed by atoms with Gasteiger partial charge in [-0.15, -0.1) is 24.7 Å². The summed E-state index contributed by atoms with van der Waals surface area (Å²) in [6.45, 7) is 4.05. The van der Waals surface area contributed by atoms with E-state index in [1.165, 1.54) is 26.3 Å². The van der Waals surface area contributed by atoms with Crippen molar-refractivity contribution in [3.63, 3.8) is 0 Å². The zero-order valence-corrected chi connectivity index (χ0v) is 23.5. The minimum absolute atomic E-state index is 0.0198. The van der Waals surface area contributed by atoms with Gasteiger partial charge >= 0.3 is 12.1 Å². The fourth-order valence-electron chi connectivity index (χ4n) is 5.35. The van der Waals surface area contributed by atoms with Crippen LogP contribution >= 0.6 is 0 Å². The van der Waals surface area contributed by atoms with Crippen molar-refractivity contribution in [3.8, 4) is 30.4 Å². The van der Waals surface area contributed by atoms with Crippen molar-refractivity contribution in [2.24, 2.45) is 5.92 Å². The fraction of sp³-hybridized carbons (Fsp3) is 0.516. The summed E-state index contributed by atoms with van der Waals surface area (Å²) in [4.78, 5) is 38.7. The van der Waals surface area contributed by atoms with E-state index in [-0.39, 0.29) is 41.5 Å². The van der Waals surface area contributed by atoms with Crippen LogP contribution in [0.3, 0.4) is 0 Å². The van der Waals surface area contributed by atoms with Gasteiger partial charge < -0.3 is 28.8 Å². The number of carbonyl (C=O) groups is 2. The van der Waals surface area contributed by atoms with E-state index in [0.29, 0.717) is 29.7 Å². The van der Waals surface area contributed by atoms with Gasteiger partial charge in [0.25, 0.3) is 0 Å². The summed E-state index contributed by atoms with van der Waals surface area (Å²) in [6.07, 6.45) is 13.3. The van der Waals surface area contributed by atoms with Crippen molar-refractivity contribution in [2.75, 3.05) is 20.3 Å². The zero-order chi connectivity index (χ0) is 29.7. The van der Waals surface area contributed by atoms with Crippen molar-refractivity contribution in [1.82, 2.24) is 9.88 Å². The van der Waals surface area contributed by atoms with Gasteiger partial charge in [0.05, 0.1) is 24.6 Å². The number of esters is 1. The number of ether oxygens (including phenoxy) is 4. The number of hydrogen-bond acceptors (Lipinski definition) is 8. The highest BCUT2D eigenvalue weighted by Gasteiger charge is 2.33. The number of methoxy groups -OCH3 is 1. The largest absolute Gasteiger partial charge is 0.511 e. The normalized spacial score (nSPS) is 19.2. The average Bonchev–Trinajstić information content (AvgIpc) is 3.77. The van der Waals surface area contributed by atoms with Gasteiger partial charge in [0.2, 0.25) is 11.7 Å². The topological polar surface area (TPSA) is 105 Å². The highest BCUT2D eigenvalue weighted by molar-refractivity contribution is 5.96. The highest BCUT2D eigenvalue weighted by atomic mass is 19.1. The van der Waals surface area contributed by atoms with Crippen LogP contribution in [0.4, 0.5) is 9.18 Å². The van der Waals surface area contributed by atoms with Crippen molar-refractivity contribution in [3.05, 3.63) is 39.4 Å². The van der Waals surface area contributed by atoms with Gasteiger partial charge in [-0.3, -0.25) is 4.79 Å². The van der Waals surface area contributed by atoms with Crippen LogP contribution in [0.5, 0.6) is 5.75 Å². The molecule has 2 aromatic rings. The molecule has 1 N–H and O–H groups in total. The summed E-state index contributed by atoms with van der Waals surface area (Å²) in [5, 5.41) is 3.39. The zero-order valence-electron chi connectivity index (χ0n) is 23.5. The molecule has 1 saturated heterocycles. The summed E-state index contributed by atoms with van der Waals surface area (Å²) in [5.74, 6) is 3.37. The molecule has 0 radical (unpaired) electrons. The lowest BCUT2D eigenvalue weighted by molar-refractivity contribution is -0.0838. The molecule has 9 nitrogen and oxygen atoms in total. The molecular formula is C31H35FN2O7. The van der Waals surface area contributed by atoms with Gasteiger partial charge in [-0.05, 0) is 51.1 Å². The molecule has 4 rings (SSSR count). The molecule has 1 saturated carbocycles. The third-order valence-corrected chi connectivity index (χ3v) is 7.44. The number of pyridine rings is 1. The van der Waals surface area contributed by atoms with E-state index in [2.05, 4.69) is 24.1 Å². The summed E-state index contributed by atoms with van der Waals surface area (Å²) in [7, 11) is 1.46. The molecule has 2 heterocycles. The van der Waals surface area contributed by atoms with Crippen LogP contribution < -0.4 is 15.5 Å². The number of carbonyl (C=O) groups excluding carboxylic acids is 2. The number of hydrogen-bond donors (Lipinski definition) is 1. The SMILES string of the molecule is C#CCC(CC#C)COC(=O)OC(C)OC(=O)c1cn(C2CC2)c2c(OC)c(C3CCNC(C)C3)c(F)cc2c1=O. The van der Waals surface area contributed by atoms with Crippen molar-refractivity contribution in [1.29, 1.82) is 0 Å². The summed E-state index contributed by atoms with van der Waals surface area (Å²) < 4.78 is 38.5. The molecule has 3 atom stereocenters. The molecule has 2 aliphatic rings. The molecule has 2 fully saturated rings. The van der Waals surface area contributed by atoms with Crippen molar-refractivity contribution in [2.45, 2.75) is 76.7 Å². The van der Waals surface area contributed by atoms with Crippen molar-refractivity contribution >= 4 is 23.0 Å². The summed E-state index contributed by atoms with van der Waals surface area (Å²) in [5.41, 5.74) is -0.100. The molecular weight excluding hydrogens is 531 g/mol. The lowest BCUT2D eigenvalue weighted by Crippen LogP contribution is -2.35. The van der Waals surface area contributed by atoms with Gasteiger partial charge in [0.15, 0.2) is 0 Å². The van der Waals surface area contributed by atoms with E-state index in [1.54, 1.807) is 4.57 Å². The number of terminal acetylenes is 2. The Labute approximate surface area is 238 Å². The Morgan fingerprint density at radius 1 is 1.20 bits per heavy atom. The van der Waals surface area contributed by atoms with Crippen LogP contribution in [0.1, 0.15) is 80.3 Å². The minimum Gasteiger partial charge on any atom is -0.494 e. The number of halogens is 1. The molecule has 10 heteroatoms. The maximum atomic E-state index is 15.7. The van der Waals surface area contributed by atoms with Crippen LogP contribution in [-0.2, 0) is 14.2 Å². The molecule has 0 spiro atoms. The van der Waals surface area contributed by atoms with Crippen LogP contribution in [-0.4, -0.2) is 49.3 Å². The Morgan fingerprint density at radius 2 is 1.90 bits per heavy atom. The molecule has 1 aromatic carbocycles. The van der Waals surface area contributed by atoms with Crippen LogP contribution in [0.15, 0.2) is 17.1 Å². The molecule has 3 unspecified atom stereocenters. The van der Waals surface area contributed by atoms with E-state index < -0.39 is 29.7 Å². The Kier molecular flexibility index (Phi) is 9.57. The van der Waals surface area contributed by atoms with Crippen LogP contribution in [0.2, 0.25) is 0 Å². The first-order valence-electron chi connectivity index (χ1n) is 13.8. The van der Waals surface area contributed by atoms with E-state index in [4.69, 9.17) is 31.8 Å². The second-order valence-electron chi connectivity index (χ2n) is 10.6. The molecule has 0 amide bonds. The monoisotopic (exact) mass is 566 g/mol. The first-order valence-corrected chi connectivity index (χ1v) is 13.8. The lowest BCUT2D eigenvalue weighted by atomic mass is 9.85. The maximum absolute atomic E-state index is 15.7. The van der Waals surface area contributed by atoms with E-state index in [9.17, 15) is 14.4 Å². The molecule has 1 aliphatic heterocycles. The predicted molar refractivity (Wildman–Crippen MR) is 150 cm³/mol. The second-order valence-corrected chi connectivity index (χ2v) is 10.6. The average molecular weight is 567 g/mol. The van der Waals surface area contributed by atoms with E-state index >= 15 is 4.39 Å². The van der Waals surface area contributed by atoms with Gasteiger partial charge in [0.1, 0.15) is 17.1 Å². The quantitative estimate of drug-likeness (QED) is 0.252. The third-order valence-electron chi connectivity index (χ3n) is 7.44. The van der Waals surface area contributed by atoms with Gasteiger partial charge in [0, 0.05) is 49.5 Å². The second kappa shape index (κ2) is 13.1. The standard InChI is InChI=1S/C31H35FN2O7/c1-6-8-20(9-7-2)17-39-31(37)41-19(4)40-30(36)24-16-34(22-10-11-22)27-23(28(24)35)15-25(32)26(29(27)38-5)21-12-13-33-18(3)14-21/h1-2,15-16,18-22,33H,8-14,17H2,3-5H3.